The van der Waals surface area contributed by atoms with E-state index < -0.39 is 0 Å². The predicted octanol–water partition coefficient (Wildman–Crippen LogP) is 1.40. The van der Waals surface area contributed by atoms with Crippen LogP contribution in [0, 0.1) is 11.3 Å². The van der Waals surface area contributed by atoms with Crippen LogP contribution in [0.1, 0.15) is 13.8 Å². The number of hydrogen-bond acceptors (Lipinski definition) is 4. The fourth-order valence-corrected chi connectivity index (χ4v) is 1.68. The van der Waals surface area contributed by atoms with E-state index in [0.29, 0.717) is 12.2 Å². The van der Waals surface area contributed by atoms with Gasteiger partial charge in [-0.3, -0.25) is 15.1 Å². The molecule has 0 spiro atoms. The first-order valence-corrected chi connectivity index (χ1v) is 4.79. The Hall–Kier alpha value is -1.29. The second-order valence-corrected chi connectivity index (χ2v) is 4.19. The zero-order valence-electron chi connectivity index (χ0n) is 9.32. The average Bonchev–Trinajstić information content (AvgIpc) is 2.66. The molecule has 0 radical (unpaired) electrons. The summed E-state index contributed by atoms with van der Waals surface area (Å²) in [5.74, 6) is 0.248. The monoisotopic (exact) mass is 211 g/mol. The highest BCUT2D eigenvalue weighted by atomic mass is 16.6. The number of rotatable bonds is 6. The van der Waals surface area contributed by atoms with Crippen LogP contribution in [0.15, 0.2) is 24.4 Å². The zero-order chi connectivity index (χ0) is 11.5. The van der Waals surface area contributed by atoms with Crippen LogP contribution in [0.3, 0.4) is 0 Å². The van der Waals surface area contributed by atoms with Gasteiger partial charge in [-0.05, 0) is 6.08 Å². The first kappa shape index (κ1) is 11.8. The number of hydroxylamine groups is 1. The van der Waals surface area contributed by atoms with Gasteiger partial charge in [-0.2, -0.15) is 0 Å². The Bertz CT molecular complexity index is 284. The molecule has 0 amide bonds. The highest BCUT2D eigenvalue weighted by molar-refractivity contribution is 5.40. The quantitative estimate of drug-likeness (QED) is 0.410. The third kappa shape index (κ3) is 2.59. The third-order valence-electron chi connectivity index (χ3n) is 2.75. The Morgan fingerprint density at radius 3 is 2.73 bits per heavy atom. The fraction of sp³-hybridized carbons (Fsp3) is 0.545. The Morgan fingerprint density at radius 1 is 1.53 bits per heavy atom. The van der Waals surface area contributed by atoms with Crippen molar-refractivity contribution in [1.82, 2.24) is 5.48 Å². The van der Waals surface area contributed by atoms with Crippen molar-refractivity contribution in [3.05, 3.63) is 24.4 Å². The van der Waals surface area contributed by atoms with Crippen molar-refractivity contribution in [2.45, 2.75) is 20.0 Å². The van der Waals surface area contributed by atoms with Gasteiger partial charge >= 0.3 is 0 Å². The topological polar surface area (TPSA) is 47.6 Å². The number of carbonyl (C=O) groups excluding carboxylic acids is 1. The minimum Gasteiger partial charge on any atom is -0.463 e. The molecule has 1 aliphatic rings. The van der Waals surface area contributed by atoms with Crippen molar-refractivity contribution in [3.63, 3.8) is 0 Å². The van der Waals surface area contributed by atoms with Crippen LogP contribution in [-0.4, -0.2) is 19.7 Å². The van der Waals surface area contributed by atoms with E-state index >= 15 is 0 Å². The van der Waals surface area contributed by atoms with Crippen LogP contribution in [0.25, 0.3) is 0 Å². The van der Waals surface area contributed by atoms with Crippen molar-refractivity contribution in [1.29, 1.82) is 0 Å². The number of carbonyl (C=O) groups is 1. The van der Waals surface area contributed by atoms with E-state index in [1.165, 1.54) is 7.11 Å². The van der Waals surface area contributed by atoms with Gasteiger partial charge in [0, 0.05) is 11.3 Å². The molecule has 0 aromatic heterocycles. The average molecular weight is 211 g/mol. The first-order valence-electron chi connectivity index (χ1n) is 4.79. The second kappa shape index (κ2) is 4.49. The summed E-state index contributed by atoms with van der Waals surface area (Å²) in [5.41, 5.74) is 3.30. The van der Waals surface area contributed by atoms with Gasteiger partial charge in [-0.15, -0.1) is 0 Å². The summed E-state index contributed by atoms with van der Waals surface area (Å²) < 4.78 is 4.96. The molecule has 2 unspecified atom stereocenters. The van der Waals surface area contributed by atoms with Crippen LogP contribution in [0.5, 0.6) is 0 Å². The number of ether oxygens (including phenoxy) is 1. The van der Waals surface area contributed by atoms with E-state index in [2.05, 4.69) is 25.9 Å². The van der Waals surface area contributed by atoms with Crippen LogP contribution in [-0.2, 0) is 14.4 Å². The summed E-state index contributed by atoms with van der Waals surface area (Å²) in [7, 11) is 1.53. The van der Waals surface area contributed by atoms with Gasteiger partial charge in [0.1, 0.15) is 6.10 Å². The molecular formula is C11H17NO3. The third-order valence-corrected chi connectivity index (χ3v) is 2.75. The van der Waals surface area contributed by atoms with E-state index in [4.69, 9.17) is 9.57 Å². The first-order chi connectivity index (χ1) is 7.04. The maximum Gasteiger partial charge on any atom is 0.293 e. The summed E-state index contributed by atoms with van der Waals surface area (Å²) >= 11 is 0. The van der Waals surface area contributed by atoms with Crippen LogP contribution in [0.2, 0.25) is 0 Å². The summed E-state index contributed by atoms with van der Waals surface area (Å²) in [6, 6.07) is 0. The summed E-state index contributed by atoms with van der Waals surface area (Å²) in [4.78, 5) is 14.9. The number of hydrogen-bond donors (Lipinski definition) is 1. The summed E-state index contributed by atoms with van der Waals surface area (Å²) in [6.07, 6.45) is 3.77. The second-order valence-electron chi connectivity index (χ2n) is 4.19. The molecule has 0 aromatic rings. The van der Waals surface area contributed by atoms with E-state index in [9.17, 15) is 4.79 Å². The molecule has 0 heterocycles. The normalized spacial score (nSPS) is 27.4. The fourth-order valence-electron chi connectivity index (χ4n) is 1.68. The van der Waals surface area contributed by atoms with Crippen LogP contribution >= 0.6 is 0 Å². The zero-order valence-corrected chi connectivity index (χ0v) is 9.32. The lowest BCUT2D eigenvalue weighted by molar-refractivity contribution is -0.130. The SMILES string of the molecule is C=C(C=CC1C(OC=O)C1(C)C)NOC. The van der Waals surface area contributed by atoms with Gasteiger partial charge in [0.05, 0.1) is 12.8 Å². The Morgan fingerprint density at radius 2 is 2.20 bits per heavy atom. The van der Waals surface area contributed by atoms with Crippen molar-refractivity contribution < 1.29 is 14.4 Å². The van der Waals surface area contributed by atoms with Gasteiger partial charge in [0.25, 0.3) is 6.47 Å². The van der Waals surface area contributed by atoms with E-state index in [-0.39, 0.29) is 17.4 Å². The van der Waals surface area contributed by atoms with Gasteiger partial charge in [0.2, 0.25) is 0 Å². The van der Waals surface area contributed by atoms with E-state index in [1.54, 1.807) is 0 Å². The minimum atomic E-state index is -0.0263. The lowest BCUT2D eigenvalue weighted by Crippen LogP contribution is -2.07. The highest BCUT2D eigenvalue weighted by Gasteiger charge is 2.58. The molecule has 2 atom stereocenters. The molecule has 4 heteroatoms. The van der Waals surface area contributed by atoms with E-state index in [0.717, 1.165) is 0 Å². The van der Waals surface area contributed by atoms with E-state index in [1.807, 2.05) is 12.2 Å². The summed E-state index contributed by atoms with van der Waals surface area (Å²) in [6.45, 7) is 8.35. The minimum absolute atomic E-state index is 0.0186. The molecule has 1 N–H and O–H groups in total. The smallest absolute Gasteiger partial charge is 0.293 e. The largest absolute Gasteiger partial charge is 0.463 e. The summed E-state index contributed by atoms with van der Waals surface area (Å²) in [5, 5.41) is 0. The van der Waals surface area contributed by atoms with Crippen molar-refractivity contribution in [3.8, 4) is 0 Å². The molecule has 1 saturated carbocycles. The molecule has 0 bridgehead atoms. The Kier molecular flexibility index (Phi) is 3.52. The molecule has 0 aliphatic heterocycles. The molecule has 1 rings (SSSR count). The number of allylic oxidation sites excluding steroid dienone is 1. The van der Waals surface area contributed by atoms with Crippen LogP contribution in [0.4, 0.5) is 0 Å². The van der Waals surface area contributed by atoms with Crippen molar-refractivity contribution in [2.75, 3.05) is 7.11 Å². The highest BCUT2D eigenvalue weighted by Crippen LogP contribution is 2.54. The maximum absolute atomic E-state index is 10.2. The lowest BCUT2D eigenvalue weighted by Gasteiger charge is -2.00. The van der Waals surface area contributed by atoms with Crippen LogP contribution < -0.4 is 5.48 Å². The van der Waals surface area contributed by atoms with Crippen molar-refractivity contribution >= 4 is 6.47 Å². The molecule has 15 heavy (non-hydrogen) atoms. The molecule has 84 valence electrons. The molecule has 4 nitrogen and oxygen atoms in total. The molecule has 0 saturated heterocycles. The molecular weight excluding hydrogens is 194 g/mol. The van der Waals surface area contributed by atoms with Gasteiger partial charge in [-0.25, -0.2) is 0 Å². The van der Waals surface area contributed by atoms with Gasteiger partial charge in [-0.1, -0.05) is 26.5 Å². The van der Waals surface area contributed by atoms with Gasteiger partial charge < -0.3 is 4.74 Å². The van der Waals surface area contributed by atoms with Crippen molar-refractivity contribution in [2.24, 2.45) is 11.3 Å². The Labute approximate surface area is 89.9 Å². The number of nitrogens with one attached hydrogen (secondary N) is 1. The Balaban J connectivity index is 2.47. The molecule has 0 aromatic carbocycles. The standard InChI is InChI=1S/C11H17NO3/c1-8(12-14-4)5-6-9-10(15-7-13)11(9,2)3/h5-7,9-10,12H,1H2,2-4H3. The predicted molar refractivity (Wildman–Crippen MR) is 56.6 cm³/mol. The maximum atomic E-state index is 10.2. The molecule has 1 aliphatic carbocycles. The van der Waals surface area contributed by atoms with Gasteiger partial charge in [0.15, 0.2) is 0 Å². The molecule has 1 fully saturated rings. The lowest BCUT2D eigenvalue weighted by atomic mass is 10.1.